The molecule has 0 saturated heterocycles. The van der Waals surface area contributed by atoms with Crippen LogP contribution in [-0.4, -0.2) is 22.0 Å². The molecule has 0 saturated carbocycles. The first kappa shape index (κ1) is 10.1. The van der Waals surface area contributed by atoms with Crippen LogP contribution in [0.1, 0.15) is 20.8 Å². The molecule has 3 N–H and O–H groups in total. The van der Waals surface area contributed by atoms with Crippen LogP contribution in [0, 0.1) is 0 Å². The number of hydrogen-bond donors (Lipinski definition) is 2. The highest BCUT2D eigenvalue weighted by Gasteiger charge is 2.08. The number of nitrogens with two attached hydrogens (primary N) is 1. The van der Waals surface area contributed by atoms with E-state index in [0.29, 0.717) is 5.75 Å². The Bertz CT molecular complexity index is 116. The average Bonchev–Trinajstić information content (AvgIpc) is 1.87. The minimum absolute atomic E-state index is 0.0514. The summed E-state index contributed by atoms with van der Waals surface area (Å²) in [4.78, 5) is 0. The van der Waals surface area contributed by atoms with Gasteiger partial charge in [-0.1, -0.05) is 6.92 Å². The maximum atomic E-state index is 10.9. The van der Waals surface area contributed by atoms with Gasteiger partial charge in [0.15, 0.2) is 0 Å². The first-order valence-corrected chi connectivity index (χ1v) is 4.80. The normalized spacial score (nSPS) is 20.0. The van der Waals surface area contributed by atoms with Crippen molar-refractivity contribution in [3.63, 3.8) is 0 Å². The number of rotatable bonds is 4. The summed E-state index contributed by atoms with van der Waals surface area (Å²) < 4.78 is 13.7. The SMILES string of the molecule is CCS(=O)NC(C)C(C)N. The van der Waals surface area contributed by atoms with Crippen LogP contribution in [0.25, 0.3) is 0 Å². The molecule has 0 aliphatic carbocycles. The minimum atomic E-state index is -0.908. The second-order valence-corrected chi connectivity index (χ2v) is 3.90. The molecule has 0 aromatic rings. The molecule has 10 heavy (non-hydrogen) atoms. The highest BCUT2D eigenvalue weighted by molar-refractivity contribution is 7.82. The van der Waals surface area contributed by atoms with Gasteiger partial charge in [0.25, 0.3) is 0 Å². The summed E-state index contributed by atoms with van der Waals surface area (Å²) in [5.74, 6) is 0.636. The predicted molar refractivity (Wildman–Crippen MR) is 44.9 cm³/mol. The minimum Gasteiger partial charge on any atom is -0.327 e. The van der Waals surface area contributed by atoms with Crippen LogP contribution in [-0.2, 0) is 11.0 Å². The van der Waals surface area contributed by atoms with Gasteiger partial charge >= 0.3 is 0 Å². The Kier molecular flexibility index (Phi) is 4.85. The molecule has 0 spiro atoms. The van der Waals surface area contributed by atoms with Crippen molar-refractivity contribution in [1.29, 1.82) is 0 Å². The van der Waals surface area contributed by atoms with Crippen molar-refractivity contribution in [2.75, 3.05) is 5.75 Å². The first-order chi connectivity index (χ1) is 4.57. The number of hydrogen-bond acceptors (Lipinski definition) is 2. The Hall–Kier alpha value is 0.0700. The van der Waals surface area contributed by atoms with Crippen LogP contribution in [0.2, 0.25) is 0 Å². The van der Waals surface area contributed by atoms with Gasteiger partial charge < -0.3 is 5.73 Å². The van der Waals surface area contributed by atoms with E-state index in [2.05, 4.69) is 4.72 Å². The lowest BCUT2D eigenvalue weighted by Gasteiger charge is -2.15. The van der Waals surface area contributed by atoms with E-state index >= 15 is 0 Å². The smallest absolute Gasteiger partial charge is 0.0915 e. The first-order valence-electron chi connectivity index (χ1n) is 3.48. The largest absolute Gasteiger partial charge is 0.327 e. The third kappa shape index (κ3) is 3.98. The molecule has 0 aromatic carbocycles. The fourth-order valence-corrected chi connectivity index (χ4v) is 1.19. The second kappa shape index (κ2) is 4.82. The molecule has 0 amide bonds. The van der Waals surface area contributed by atoms with E-state index in [1.807, 2.05) is 20.8 Å². The maximum absolute atomic E-state index is 10.9. The van der Waals surface area contributed by atoms with Gasteiger partial charge in [0.2, 0.25) is 0 Å². The van der Waals surface area contributed by atoms with Crippen LogP contribution in [0.15, 0.2) is 0 Å². The molecule has 4 heteroatoms. The van der Waals surface area contributed by atoms with Crippen LogP contribution in [0.5, 0.6) is 0 Å². The summed E-state index contributed by atoms with van der Waals surface area (Å²) in [5.41, 5.74) is 5.54. The van der Waals surface area contributed by atoms with Crippen LogP contribution in [0.3, 0.4) is 0 Å². The Balaban J connectivity index is 3.57. The van der Waals surface area contributed by atoms with Crippen molar-refractivity contribution < 1.29 is 4.21 Å². The van der Waals surface area contributed by atoms with Gasteiger partial charge in [0, 0.05) is 17.8 Å². The molecule has 0 fully saturated rings. The molecule has 0 aliphatic heterocycles. The Labute approximate surface area is 65.0 Å². The fraction of sp³-hybridized carbons (Fsp3) is 1.00. The summed E-state index contributed by atoms with van der Waals surface area (Å²) in [5, 5.41) is 0. The van der Waals surface area contributed by atoms with E-state index in [9.17, 15) is 4.21 Å². The molecule has 3 nitrogen and oxygen atoms in total. The van der Waals surface area contributed by atoms with E-state index in [0.717, 1.165) is 0 Å². The zero-order valence-corrected chi connectivity index (χ0v) is 7.57. The van der Waals surface area contributed by atoms with Crippen molar-refractivity contribution in [3.8, 4) is 0 Å². The third-order valence-corrected chi connectivity index (χ3v) is 2.53. The molecule has 0 bridgehead atoms. The molecule has 0 radical (unpaired) electrons. The van der Waals surface area contributed by atoms with Crippen LogP contribution < -0.4 is 10.5 Å². The van der Waals surface area contributed by atoms with Crippen molar-refractivity contribution in [2.45, 2.75) is 32.9 Å². The molecular weight excluding hydrogens is 148 g/mol. The lowest BCUT2D eigenvalue weighted by Crippen LogP contribution is -2.42. The second-order valence-electron chi connectivity index (χ2n) is 2.40. The predicted octanol–water partition coefficient (Wildman–Crippen LogP) is -0.00470. The molecule has 0 rings (SSSR count). The van der Waals surface area contributed by atoms with E-state index in [-0.39, 0.29) is 12.1 Å². The molecule has 0 heterocycles. The third-order valence-electron chi connectivity index (χ3n) is 1.37. The van der Waals surface area contributed by atoms with Gasteiger partial charge in [-0.2, -0.15) is 0 Å². The van der Waals surface area contributed by atoms with Crippen molar-refractivity contribution in [2.24, 2.45) is 5.73 Å². The summed E-state index contributed by atoms with van der Waals surface area (Å²) in [6, 6.07) is 0.177. The lowest BCUT2D eigenvalue weighted by molar-refractivity contribution is 0.557. The van der Waals surface area contributed by atoms with E-state index in [1.54, 1.807) is 0 Å². The van der Waals surface area contributed by atoms with Gasteiger partial charge in [-0.05, 0) is 13.8 Å². The monoisotopic (exact) mass is 164 g/mol. The summed E-state index contributed by atoms with van der Waals surface area (Å²) in [7, 11) is -0.908. The van der Waals surface area contributed by atoms with Gasteiger partial charge in [-0.25, -0.2) is 8.93 Å². The topological polar surface area (TPSA) is 55.1 Å². The standard InChI is InChI=1S/C6H16N2OS/c1-4-10(9)8-6(3)5(2)7/h5-6,8H,4,7H2,1-3H3. The summed E-state index contributed by atoms with van der Waals surface area (Å²) in [6.07, 6.45) is 0. The van der Waals surface area contributed by atoms with Gasteiger partial charge in [-0.3, -0.25) is 0 Å². The van der Waals surface area contributed by atoms with E-state index in [4.69, 9.17) is 5.73 Å². The summed E-state index contributed by atoms with van der Waals surface area (Å²) in [6.45, 7) is 5.69. The molecule has 0 aliphatic rings. The highest BCUT2D eigenvalue weighted by atomic mass is 32.2. The zero-order chi connectivity index (χ0) is 8.15. The molecule has 3 atom stereocenters. The summed E-state index contributed by atoms with van der Waals surface area (Å²) >= 11 is 0. The van der Waals surface area contributed by atoms with Gasteiger partial charge in [-0.15, -0.1) is 0 Å². The molecule has 3 unspecified atom stereocenters. The van der Waals surface area contributed by atoms with Gasteiger partial charge in [0.05, 0.1) is 11.0 Å². The Morgan fingerprint density at radius 2 is 2.10 bits per heavy atom. The number of nitrogens with one attached hydrogen (secondary N) is 1. The Morgan fingerprint density at radius 3 is 2.40 bits per heavy atom. The van der Waals surface area contributed by atoms with E-state index in [1.165, 1.54) is 0 Å². The average molecular weight is 164 g/mol. The lowest BCUT2D eigenvalue weighted by atomic mass is 10.2. The van der Waals surface area contributed by atoms with Crippen molar-refractivity contribution >= 4 is 11.0 Å². The molecule has 0 aromatic heterocycles. The van der Waals surface area contributed by atoms with E-state index < -0.39 is 11.0 Å². The fourth-order valence-electron chi connectivity index (χ4n) is 0.398. The molecule has 62 valence electrons. The van der Waals surface area contributed by atoms with Crippen molar-refractivity contribution in [1.82, 2.24) is 4.72 Å². The quantitative estimate of drug-likeness (QED) is 0.614. The maximum Gasteiger partial charge on any atom is 0.0915 e. The van der Waals surface area contributed by atoms with Gasteiger partial charge in [0.1, 0.15) is 0 Å². The Morgan fingerprint density at radius 1 is 1.60 bits per heavy atom. The van der Waals surface area contributed by atoms with Crippen molar-refractivity contribution in [3.05, 3.63) is 0 Å². The van der Waals surface area contributed by atoms with Crippen LogP contribution >= 0.6 is 0 Å². The highest BCUT2D eigenvalue weighted by Crippen LogP contribution is 1.88. The molecular formula is C6H16N2OS. The van der Waals surface area contributed by atoms with Crippen LogP contribution in [0.4, 0.5) is 0 Å². The zero-order valence-electron chi connectivity index (χ0n) is 6.76.